The second-order valence-corrected chi connectivity index (χ2v) is 4.93. The minimum absolute atomic E-state index is 0.500. The molecule has 0 bridgehead atoms. The monoisotopic (exact) mass is 215 g/mol. The molecule has 0 amide bonds. The molecule has 72 valence electrons. The predicted molar refractivity (Wildman–Crippen MR) is 57.2 cm³/mol. The summed E-state index contributed by atoms with van der Waals surface area (Å²) < 4.78 is 1.96. The Morgan fingerprint density at radius 1 is 1.69 bits per heavy atom. The lowest BCUT2D eigenvalue weighted by atomic mass is 10.2. The van der Waals surface area contributed by atoms with Crippen LogP contribution in [0.1, 0.15) is 12.8 Å². The second-order valence-electron chi connectivity index (χ2n) is 3.67. The fourth-order valence-corrected chi connectivity index (χ4v) is 2.91. The van der Waals surface area contributed by atoms with Crippen molar-refractivity contribution in [3.63, 3.8) is 0 Å². The maximum Gasteiger partial charge on any atom is 0.190 e. The van der Waals surface area contributed by atoms with Crippen molar-refractivity contribution < 1.29 is 0 Å². The Kier molecular flexibility index (Phi) is 2.55. The number of hydrogen-bond donors (Lipinski definition) is 1. The molecule has 1 heterocycles. The molecule has 0 aromatic carbocycles. The first-order valence-electron chi connectivity index (χ1n) is 4.33. The quantitative estimate of drug-likeness (QED) is 0.611. The molecule has 0 spiro atoms. The van der Waals surface area contributed by atoms with Crippen LogP contribution in [0.3, 0.4) is 0 Å². The van der Waals surface area contributed by atoms with Crippen molar-refractivity contribution in [2.24, 2.45) is 12.5 Å². The summed E-state index contributed by atoms with van der Waals surface area (Å²) >= 11 is 6.15. The third kappa shape index (κ3) is 2.02. The van der Waals surface area contributed by atoms with Crippen molar-refractivity contribution in [3.05, 3.63) is 6.33 Å². The van der Waals surface area contributed by atoms with E-state index >= 15 is 0 Å². The summed E-state index contributed by atoms with van der Waals surface area (Å²) in [5.74, 6) is 2.13. The largest absolute Gasteiger partial charge is 0.312 e. The molecule has 1 fully saturated rings. The molecule has 0 unspecified atom stereocenters. The Hall–Kier alpha value is -0.160. The SMILES string of the molecule is Cn1cnnc1SCC1(CS)CC1. The van der Waals surface area contributed by atoms with Crippen LogP contribution < -0.4 is 0 Å². The van der Waals surface area contributed by atoms with Gasteiger partial charge in [0.15, 0.2) is 5.16 Å². The number of rotatable bonds is 4. The van der Waals surface area contributed by atoms with Gasteiger partial charge >= 0.3 is 0 Å². The van der Waals surface area contributed by atoms with E-state index in [-0.39, 0.29) is 0 Å². The third-order valence-electron chi connectivity index (χ3n) is 2.47. The van der Waals surface area contributed by atoms with Gasteiger partial charge in [-0.05, 0) is 24.0 Å². The molecule has 0 atom stereocenters. The van der Waals surface area contributed by atoms with Crippen molar-refractivity contribution in [3.8, 4) is 0 Å². The standard InChI is InChI=1S/C8H13N3S2/c1-11-6-9-10-7(11)13-5-8(4-12)2-3-8/h6,12H,2-5H2,1H3. The van der Waals surface area contributed by atoms with E-state index in [4.69, 9.17) is 0 Å². The van der Waals surface area contributed by atoms with Gasteiger partial charge in [-0.3, -0.25) is 0 Å². The molecule has 13 heavy (non-hydrogen) atoms. The van der Waals surface area contributed by atoms with E-state index in [1.165, 1.54) is 12.8 Å². The molecule has 1 aromatic rings. The van der Waals surface area contributed by atoms with Crippen molar-refractivity contribution in [1.82, 2.24) is 14.8 Å². The summed E-state index contributed by atoms with van der Waals surface area (Å²) in [5, 5.41) is 8.88. The van der Waals surface area contributed by atoms with Gasteiger partial charge in [-0.15, -0.1) is 10.2 Å². The molecule has 1 saturated carbocycles. The molecule has 1 aromatic heterocycles. The highest BCUT2D eigenvalue weighted by atomic mass is 32.2. The van der Waals surface area contributed by atoms with Crippen molar-refractivity contribution in [2.75, 3.05) is 11.5 Å². The molecule has 2 rings (SSSR count). The Morgan fingerprint density at radius 3 is 2.92 bits per heavy atom. The molecule has 0 N–H and O–H groups in total. The van der Waals surface area contributed by atoms with Gasteiger partial charge in [0.25, 0.3) is 0 Å². The molecule has 5 heteroatoms. The summed E-state index contributed by atoms with van der Waals surface area (Å²) in [6.07, 6.45) is 4.38. The summed E-state index contributed by atoms with van der Waals surface area (Å²) in [5.41, 5.74) is 0.500. The maximum atomic E-state index is 4.36. The van der Waals surface area contributed by atoms with Crippen molar-refractivity contribution in [2.45, 2.75) is 18.0 Å². The van der Waals surface area contributed by atoms with Gasteiger partial charge in [-0.25, -0.2) is 0 Å². The van der Waals surface area contributed by atoms with Crippen LogP contribution in [0.5, 0.6) is 0 Å². The Morgan fingerprint density at radius 2 is 2.46 bits per heavy atom. The van der Waals surface area contributed by atoms with Crippen molar-refractivity contribution in [1.29, 1.82) is 0 Å². The third-order valence-corrected chi connectivity index (χ3v) is 4.53. The van der Waals surface area contributed by atoms with Gasteiger partial charge in [-0.2, -0.15) is 12.6 Å². The van der Waals surface area contributed by atoms with E-state index in [2.05, 4.69) is 22.8 Å². The van der Waals surface area contributed by atoms with Gasteiger partial charge in [0.05, 0.1) is 0 Å². The topological polar surface area (TPSA) is 30.7 Å². The smallest absolute Gasteiger partial charge is 0.190 e. The molecule has 3 nitrogen and oxygen atoms in total. The number of hydrogen-bond acceptors (Lipinski definition) is 4. The number of aryl methyl sites for hydroxylation is 1. The van der Waals surface area contributed by atoms with E-state index < -0.39 is 0 Å². The lowest BCUT2D eigenvalue weighted by molar-refractivity contribution is 0.678. The molecule has 0 radical (unpaired) electrons. The first-order valence-corrected chi connectivity index (χ1v) is 5.95. The number of thioether (sulfide) groups is 1. The minimum Gasteiger partial charge on any atom is -0.312 e. The summed E-state index contributed by atoms with van der Waals surface area (Å²) in [7, 11) is 1.97. The van der Waals surface area contributed by atoms with Crippen LogP contribution in [0.25, 0.3) is 0 Å². The Balaban J connectivity index is 1.90. The fourth-order valence-electron chi connectivity index (χ4n) is 1.15. The Bertz CT molecular complexity index is 293. The number of thiol groups is 1. The van der Waals surface area contributed by atoms with E-state index in [9.17, 15) is 0 Å². The first-order chi connectivity index (χ1) is 6.26. The molecule has 0 aliphatic heterocycles. The highest BCUT2D eigenvalue weighted by Gasteiger charge is 2.41. The zero-order chi connectivity index (χ0) is 9.31. The number of aromatic nitrogens is 3. The second kappa shape index (κ2) is 3.53. The molecule has 1 aliphatic carbocycles. The lowest BCUT2D eigenvalue weighted by Gasteiger charge is -2.09. The maximum absolute atomic E-state index is 4.36. The van der Waals surface area contributed by atoms with Crippen LogP contribution in [0, 0.1) is 5.41 Å². The highest BCUT2D eigenvalue weighted by Crippen LogP contribution is 2.49. The molecule has 1 aliphatic rings. The summed E-state index contributed by atoms with van der Waals surface area (Å²) in [6.45, 7) is 0. The Labute approximate surface area is 87.7 Å². The van der Waals surface area contributed by atoms with Gasteiger partial charge < -0.3 is 4.57 Å². The molecular weight excluding hydrogens is 202 g/mol. The lowest BCUT2D eigenvalue weighted by Crippen LogP contribution is -2.06. The van der Waals surface area contributed by atoms with E-state index in [1.807, 2.05) is 11.6 Å². The number of nitrogens with zero attached hydrogens (tertiary/aromatic N) is 3. The summed E-state index contributed by atoms with van der Waals surface area (Å²) in [6, 6.07) is 0. The van der Waals surface area contributed by atoms with E-state index in [1.54, 1.807) is 18.1 Å². The van der Waals surface area contributed by atoms with E-state index in [0.29, 0.717) is 5.41 Å². The fraction of sp³-hybridized carbons (Fsp3) is 0.750. The average molecular weight is 215 g/mol. The van der Waals surface area contributed by atoms with Gasteiger partial charge in [0.2, 0.25) is 0 Å². The normalized spacial score (nSPS) is 18.9. The zero-order valence-corrected chi connectivity index (χ0v) is 9.31. The van der Waals surface area contributed by atoms with Crippen LogP contribution in [0.15, 0.2) is 11.5 Å². The van der Waals surface area contributed by atoms with Crippen molar-refractivity contribution >= 4 is 24.4 Å². The summed E-state index contributed by atoms with van der Waals surface area (Å²) in [4.78, 5) is 0. The van der Waals surface area contributed by atoms with Gasteiger partial charge in [0, 0.05) is 12.8 Å². The highest BCUT2D eigenvalue weighted by molar-refractivity contribution is 7.99. The molecular formula is C8H13N3S2. The van der Waals surface area contributed by atoms with Crippen LogP contribution in [0.2, 0.25) is 0 Å². The van der Waals surface area contributed by atoms with Gasteiger partial charge in [0.1, 0.15) is 6.33 Å². The molecule has 0 saturated heterocycles. The minimum atomic E-state index is 0.500. The van der Waals surface area contributed by atoms with Crippen LogP contribution in [0.4, 0.5) is 0 Å². The van der Waals surface area contributed by atoms with E-state index in [0.717, 1.165) is 16.7 Å². The van der Waals surface area contributed by atoms with Crippen LogP contribution in [-0.4, -0.2) is 26.3 Å². The predicted octanol–water partition coefficient (Wildman–Crippen LogP) is 1.62. The van der Waals surface area contributed by atoms with Gasteiger partial charge in [-0.1, -0.05) is 11.8 Å². The average Bonchev–Trinajstić information content (AvgIpc) is 2.82. The van der Waals surface area contributed by atoms with Crippen LogP contribution >= 0.6 is 24.4 Å². The van der Waals surface area contributed by atoms with Crippen LogP contribution in [-0.2, 0) is 7.05 Å². The zero-order valence-electron chi connectivity index (χ0n) is 7.60. The first kappa shape index (κ1) is 9.40.